The minimum Gasteiger partial charge on any atom is -0.441 e. The number of aryl methyl sites for hydroxylation is 1. The number of piperidine rings is 1. The van der Waals surface area contributed by atoms with Crippen LogP contribution in [0.5, 0.6) is 0 Å². The highest BCUT2D eigenvalue weighted by molar-refractivity contribution is 5.90. The van der Waals surface area contributed by atoms with Crippen LogP contribution in [0.1, 0.15) is 18.4 Å². The summed E-state index contributed by atoms with van der Waals surface area (Å²) in [5.74, 6) is -0.295. The van der Waals surface area contributed by atoms with Crippen molar-refractivity contribution in [3.8, 4) is 0 Å². The van der Waals surface area contributed by atoms with Gasteiger partial charge in [0, 0.05) is 12.8 Å². The van der Waals surface area contributed by atoms with E-state index in [1.54, 1.807) is 19.1 Å². The number of anilines is 1. The highest BCUT2D eigenvalue weighted by Gasteiger charge is 2.46. The van der Waals surface area contributed by atoms with Crippen molar-refractivity contribution in [3.63, 3.8) is 0 Å². The van der Waals surface area contributed by atoms with E-state index in [9.17, 15) is 9.18 Å². The molecule has 2 aliphatic rings. The van der Waals surface area contributed by atoms with Crippen LogP contribution in [0.3, 0.4) is 0 Å². The maximum atomic E-state index is 13.6. The van der Waals surface area contributed by atoms with Gasteiger partial charge in [0.05, 0.1) is 12.2 Å². The molecule has 5 heteroatoms. The molecule has 0 radical (unpaired) electrons. The Morgan fingerprint density at radius 1 is 1.37 bits per heavy atom. The molecule has 2 saturated heterocycles. The van der Waals surface area contributed by atoms with E-state index in [0.717, 1.165) is 25.9 Å². The first kappa shape index (κ1) is 12.4. The maximum absolute atomic E-state index is 13.6. The van der Waals surface area contributed by atoms with Crippen molar-refractivity contribution in [2.24, 2.45) is 0 Å². The standard InChI is InChI=1S/C14H17FN2O2/c1-10-2-3-11(8-12(10)15)17-9-14(19-13(17)18)4-6-16-7-5-14/h2-3,8,16H,4-7,9H2,1H3. The van der Waals surface area contributed by atoms with Crippen molar-refractivity contribution < 1.29 is 13.9 Å². The van der Waals surface area contributed by atoms with Crippen molar-refractivity contribution in [2.45, 2.75) is 25.4 Å². The number of hydrogen-bond acceptors (Lipinski definition) is 3. The summed E-state index contributed by atoms with van der Waals surface area (Å²) in [5.41, 5.74) is 0.750. The summed E-state index contributed by atoms with van der Waals surface area (Å²) >= 11 is 0. The van der Waals surface area contributed by atoms with Gasteiger partial charge in [-0.25, -0.2) is 9.18 Å². The molecule has 102 valence electrons. The fourth-order valence-electron chi connectivity index (χ4n) is 2.71. The van der Waals surface area contributed by atoms with Crippen molar-refractivity contribution in [1.82, 2.24) is 5.32 Å². The number of rotatable bonds is 1. The molecule has 0 aromatic heterocycles. The number of hydrogen-bond donors (Lipinski definition) is 1. The molecule has 1 aromatic carbocycles. The van der Waals surface area contributed by atoms with Gasteiger partial charge in [-0.05, 0) is 37.7 Å². The molecule has 0 atom stereocenters. The summed E-state index contributed by atoms with van der Waals surface area (Å²) < 4.78 is 19.2. The molecule has 19 heavy (non-hydrogen) atoms. The summed E-state index contributed by atoms with van der Waals surface area (Å²) in [6.07, 6.45) is 1.25. The number of benzene rings is 1. The van der Waals surface area contributed by atoms with Gasteiger partial charge >= 0.3 is 6.09 Å². The van der Waals surface area contributed by atoms with Crippen molar-refractivity contribution in [1.29, 1.82) is 0 Å². The Morgan fingerprint density at radius 3 is 2.79 bits per heavy atom. The highest BCUT2D eigenvalue weighted by Crippen LogP contribution is 2.34. The minimum atomic E-state index is -0.399. The van der Waals surface area contributed by atoms with Crippen LogP contribution in [0, 0.1) is 12.7 Å². The topological polar surface area (TPSA) is 41.6 Å². The zero-order valence-electron chi connectivity index (χ0n) is 10.9. The molecule has 2 heterocycles. The molecule has 0 saturated carbocycles. The second-order valence-electron chi connectivity index (χ2n) is 5.32. The molecule has 2 aliphatic heterocycles. The van der Waals surface area contributed by atoms with Crippen LogP contribution in [0.25, 0.3) is 0 Å². The Balaban J connectivity index is 1.85. The van der Waals surface area contributed by atoms with Crippen LogP contribution in [0.2, 0.25) is 0 Å². The zero-order chi connectivity index (χ0) is 13.5. The van der Waals surface area contributed by atoms with Gasteiger partial charge in [0.15, 0.2) is 0 Å². The van der Waals surface area contributed by atoms with Crippen LogP contribution in [-0.2, 0) is 4.74 Å². The fraction of sp³-hybridized carbons (Fsp3) is 0.500. The Kier molecular flexibility index (Phi) is 2.93. The summed E-state index contributed by atoms with van der Waals surface area (Å²) in [6.45, 7) is 3.92. The number of carbonyl (C=O) groups is 1. The van der Waals surface area contributed by atoms with Crippen LogP contribution >= 0.6 is 0 Å². The van der Waals surface area contributed by atoms with Gasteiger partial charge < -0.3 is 10.1 Å². The van der Waals surface area contributed by atoms with E-state index in [1.165, 1.54) is 11.0 Å². The first-order valence-corrected chi connectivity index (χ1v) is 6.57. The first-order valence-electron chi connectivity index (χ1n) is 6.57. The molecule has 3 rings (SSSR count). The molecule has 4 nitrogen and oxygen atoms in total. The third-order valence-electron chi connectivity index (χ3n) is 3.95. The lowest BCUT2D eigenvalue weighted by atomic mass is 9.92. The second kappa shape index (κ2) is 4.49. The molecular formula is C14H17FN2O2. The van der Waals surface area contributed by atoms with Gasteiger partial charge in [-0.2, -0.15) is 0 Å². The van der Waals surface area contributed by atoms with Gasteiger partial charge in [0.2, 0.25) is 0 Å². The summed E-state index contributed by atoms with van der Waals surface area (Å²) in [4.78, 5) is 13.5. The summed E-state index contributed by atoms with van der Waals surface area (Å²) in [5, 5.41) is 3.25. The Bertz CT molecular complexity index is 512. The fourth-order valence-corrected chi connectivity index (χ4v) is 2.71. The monoisotopic (exact) mass is 264 g/mol. The van der Waals surface area contributed by atoms with Crippen LogP contribution in [-0.4, -0.2) is 31.3 Å². The van der Waals surface area contributed by atoms with Crippen molar-refractivity contribution in [3.05, 3.63) is 29.6 Å². The van der Waals surface area contributed by atoms with E-state index < -0.39 is 5.60 Å². The van der Waals surface area contributed by atoms with Crippen LogP contribution in [0.4, 0.5) is 14.9 Å². The third kappa shape index (κ3) is 2.18. The summed E-state index contributed by atoms with van der Waals surface area (Å²) in [6, 6.07) is 4.85. The molecule has 1 amide bonds. The van der Waals surface area contributed by atoms with E-state index in [1.807, 2.05) is 0 Å². The first-order chi connectivity index (χ1) is 9.10. The predicted octanol–water partition coefficient (Wildman–Crippen LogP) is 2.21. The molecule has 0 unspecified atom stereocenters. The zero-order valence-corrected chi connectivity index (χ0v) is 10.9. The van der Waals surface area contributed by atoms with E-state index in [2.05, 4.69) is 5.32 Å². The van der Waals surface area contributed by atoms with Gasteiger partial charge in [-0.3, -0.25) is 4.90 Å². The lowest BCUT2D eigenvalue weighted by Crippen LogP contribution is -2.44. The Labute approximate surface area is 111 Å². The smallest absolute Gasteiger partial charge is 0.415 e. The quantitative estimate of drug-likeness (QED) is 0.845. The van der Waals surface area contributed by atoms with Crippen LogP contribution < -0.4 is 10.2 Å². The normalized spacial score (nSPS) is 21.8. The van der Waals surface area contributed by atoms with Gasteiger partial charge in [0.25, 0.3) is 0 Å². The van der Waals surface area contributed by atoms with E-state index >= 15 is 0 Å². The largest absolute Gasteiger partial charge is 0.441 e. The Morgan fingerprint density at radius 2 is 2.11 bits per heavy atom. The Hall–Kier alpha value is -1.62. The minimum absolute atomic E-state index is 0.295. The molecular weight excluding hydrogens is 247 g/mol. The molecule has 2 fully saturated rings. The average molecular weight is 264 g/mol. The van der Waals surface area contributed by atoms with Crippen LogP contribution in [0.15, 0.2) is 18.2 Å². The highest BCUT2D eigenvalue weighted by atomic mass is 19.1. The lowest BCUT2D eigenvalue weighted by molar-refractivity contribution is 0.0316. The summed E-state index contributed by atoms with van der Waals surface area (Å²) in [7, 11) is 0. The van der Waals surface area contributed by atoms with Gasteiger partial charge in [0.1, 0.15) is 11.4 Å². The number of halogens is 1. The lowest BCUT2D eigenvalue weighted by Gasteiger charge is -2.31. The molecule has 1 aromatic rings. The van der Waals surface area contributed by atoms with E-state index in [0.29, 0.717) is 17.8 Å². The molecule has 0 aliphatic carbocycles. The van der Waals surface area contributed by atoms with E-state index in [-0.39, 0.29) is 11.9 Å². The SMILES string of the molecule is Cc1ccc(N2CC3(CCNCC3)OC2=O)cc1F. The van der Waals surface area contributed by atoms with Crippen molar-refractivity contribution in [2.75, 3.05) is 24.5 Å². The molecule has 1 spiro atoms. The van der Waals surface area contributed by atoms with Gasteiger partial charge in [-0.15, -0.1) is 0 Å². The number of amides is 1. The number of carbonyl (C=O) groups excluding carboxylic acids is 1. The van der Waals surface area contributed by atoms with Gasteiger partial charge in [-0.1, -0.05) is 6.07 Å². The van der Waals surface area contributed by atoms with E-state index in [4.69, 9.17) is 4.74 Å². The average Bonchev–Trinajstić information content (AvgIpc) is 2.70. The maximum Gasteiger partial charge on any atom is 0.415 e. The number of nitrogens with zero attached hydrogens (tertiary/aromatic N) is 1. The van der Waals surface area contributed by atoms with Crippen molar-refractivity contribution >= 4 is 11.8 Å². The predicted molar refractivity (Wildman–Crippen MR) is 69.8 cm³/mol. The molecule has 1 N–H and O–H groups in total. The third-order valence-corrected chi connectivity index (χ3v) is 3.95. The number of ether oxygens (including phenoxy) is 1. The second-order valence-corrected chi connectivity index (χ2v) is 5.32. The number of nitrogens with one attached hydrogen (secondary N) is 1. The molecule has 0 bridgehead atoms.